The standard InChI is InChI=1S/C16H20N4OS/c21-15(19-20-16(22)18-12-5-1-2-6-12)9-11-10-17-14-8-4-3-7-13(11)14/h3-4,7-8,10,12,17H,1-2,5-6,9H2,(H,19,21)(H2,18,20,22). The van der Waals surface area contributed by atoms with E-state index in [-0.39, 0.29) is 5.91 Å². The summed E-state index contributed by atoms with van der Waals surface area (Å²) in [4.78, 5) is 15.2. The average Bonchev–Trinajstić information content (AvgIpc) is 3.16. The van der Waals surface area contributed by atoms with Crippen LogP contribution in [0.4, 0.5) is 0 Å². The van der Waals surface area contributed by atoms with Gasteiger partial charge < -0.3 is 10.3 Å². The first-order valence-electron chi connectivity index (χ1n) is 7.63. The van der Waals surface area contributed by atoms with Crippen LogP contribution < -0.4 is 16.2 Å². The van der Waals surface area contributed by atoms with E-state index in [4.69, 9.17) is 12.2 Å². The molecular formula is C16H20N4OS. The first-order valence-corrected chi connectivity index (χ1v) is 8.03. The zero-order valence-electron chi connectivity index (χ0n) is 12.3. The number of para-hydroxylation sites is 1. The van der Waals surface area contributed by atoms with Crippen LogP contribution in [-0.4, -0.2) is 22.0 Å². The van der Waals surface area contributed by atoms with E-state index in [1.54, 1.807) is 0 Å². The van der Waals surface area contributed by atoms with Crippen molar-refractivity contribution in [2.24, 2.45) is 0 Å². The molecule has 22 heavy (non-hydrogen) atoms. The first-order chi connectivity index (χ1) is 10.7. The number of aromatic nitrogens is 1. The molecule has 1 fully saturated rings. The predicted molar refractivity (Wildman–Crippen MR) is 91.3 cm³/mol. The van der Waals surface area contributed by atoms with E-state index >= 15 is 0 Å². The predicted octanol–water partition coefficient (Wildman–Crippen LogP) is 2.15. The van der Waals surface area contributed by atoms with Gasteiger partial charge >= 0.3 is 0 Å². The number of rotatable bonds is 3. The van der Waals surface area contributed by atoms with E-state index in [9.17, 15) is 4.79 Å². The average molecular weight is 316 g/mol. The molecule has 1 aliphatic carbocycles. The number of fused-ring (bicyclic) bond motifs is 1. The Balaban J connectivity index is 1.49. The molecule has 5 nitrogen and oxygen atoms in total. The van der Waals surface area contributed by atoms with E-state index in [1.807, 2.05) is 30.5 Å². The van der Waals surface area contributed by atoms with Gasteiger partial charge in [0, 0.05) is 23.1 Å². The summed E-state index contributed by atoms with van der Waals surface area (Å²) in [7, 11) is 0. The van der Waals surface area contributed by atoms with Crippen LogP contribution in [0.3, 0.4) is 0 Å². The third-order valence-corrected chi connectivity index (χ3v) is 4.25. The van der Waals surface area contributed by atoms with Crippen molar-refractivity contribution in [3.05, 3.63) is 36.0 Å². The van der Waals surface area contributed by atoms with E-state index in [0.29, 0.717) is 17.6 Å². The van der Waals surface area contributed by atoms with Crippen LogP contribution >= 0.6 is 12.2 Å². The maximum absolute atomic E-state index is 12.0. The molecule has 1 amide bonds. The summed E-state index contributed by atoms with van der Waals surface area (Å²) in [6.07, 6.45) is 6.96. The number of thiocarbonyl (C=S) groups is 1. The molecule has 2 aromatic rings. The van der Waals surface area contributed by atoms with Crippen molar-refractivity contribution in [2.45, 2.75) is 38.1 Å². The second-order valence-electron chi connectivity index (χ2n) is 5.66. The van der Waals surface area contributed by atoms with Crippen LogP contribution in [0, 0.1) is 0 Å². The molecule has 1 aliphatic rings. The quantitative estimate of drug-likeness (QED) is 0.517. The molecule has 4 N–H and O–H groups in total. The fraction of sp³-hybridized carbons (Fsp3) is 0.375. The largest absolute Gasteiger partial charge is 0.361 e. The highest BCUT2D eigenvalue weighted by Crippen LogP contribution is 2.18. The highest BCUT2D eigenvalue weighted by Gasteiger charge is 2.15. The summed E-state index contributed by atoms with van der Waals surface area (Å²) in [6, 6.07) is 8.38. The Morgan fingerprint density at radius 3 is 2.82 bits per heavy atom. The second kappa shape index (κ2) is 6.79. The number of hydrogen-bond acceptors (Lipinski definition) is 2. The van der Waals surface area contributed by atoms with Gasteiger partial charge in [0.25, 0.3) is 0 Å². The SMILES string of the molecule is O=C(Cc1c[nH]c2ccccc12)NNC(=S)NC1CCCC1. The summed E-state index contributed by atoms with van der Waals surface area (Å²) in [6.45, 7) is 0. The van der Waals surface area contributed by atoms with Crippen LogP contribution in [0.25, 0.3) is 10.9 Å². The van der Waals surface area contributed by atoms with Crippen molar-refractivity contribution in [1.29, 1.82) is 0 Å². The first kappa shape index (κ1) is 14.8. The smallest absolute Gasteiger partial charge is 0.242 e. The molecule has 116 valence electrons. The fourth-order valence-electron chi connectivity index (χ4n) is 2.91. The molecule has 1 heterocycles. The Bertz CT molecular complexity index is 676. The number of hydrazine groups is 1. The number of benzene rings is 1. The molecule has 1 saturated carbocycles. The third kappa shape index (κ3) is 3.57. The van der Waals surface area contributed by atoms with Crippen LogP contribution in [0.5, 0.6) is 0 Å². The minimum atomic E-state index is -0.111. The second-order valence-corrected chi connectivity index (χ2v) is 6.07. The Hall–Kier alpha value is -2.08. The highest BCUT2D eigenvalue weighted by molar-refractivity contribution is 7.80. The zero-order chi connectivity index (χ0) is 15.4. The highest BCUT2D eigenvalue weighted by atomic mass is 32.1. The molecular weight excluding hydrogens is 296 g/mol. The van der Waals surface area contributed by atoms with Crippen molar-refractivity contribution >= 4 is 34.1 Å². The van der Waals surface area contributed by atoms with Gasteiger partial charge in [-0.2, -0.15) is 0 Å². The van der Waals surface area contributed by atoms with Gasteiger partial charge in [-0.3, -0.25) is 15.6 Å². The minimum absolute atomic E-state index is 0.111. The molecule has 0 bridgehead atoms. The lowest BCUT2D eigenvalue weighted by Gasteiger charge is -2.16. The van der Waals surface area contributed by atoms with Gasteiger partial charge in [0.15, 0.2) is 5.11 Å². The minimum Gasteiger partial charge on any atom is -0.361 e. The number of carbonyl (C=O) groups excluding carboxylic acids is 1. The maximum Gasteiger partial charge on any atom is 0.242 e. The fourth-order valence-corrected chi connectivity index (χ4v) is 3.13. The Kier molecular flexibility index (Phi) is 4.58. The summed E-state index contributed by atoms with van der Waals surface area (Å²) >= 11 is 5.19. The normalized spacial score (nSPS) is 14.9. The Labute approximate surface area is 134 Å². The van der Waals surface area contributed by atoms with Crippen molar-refractivity contribution in [3.63, 3.8) is 0 Å². The van der Waals surface area contributed by atoms with Crippen molar-refractivity contribution in [1.82, 2.24) is 21.2 Å². The van der Waals surface area contributed by atoms with Gasteiger partial charge in [-0.25, -0.2) is 0 Å². The number of aromatic amines is 1. The monoisotopic (exact) mass is 316 g/mol. The molecule has 1 aromatic carbocycles. The van der Waals surface area contributed by atoms with E-state index in [0.717, 1.165) is 29.3 Å². The van der Waals surface area contributed by atoms with Gasteiger partial charge in [-0.1, -0.05) is 31.0 Å². The Morgan fingerprint density at radius 1 is 1.23 bits per heavy atom. The Morgan fingerprint density at radius 2 is 2.00 bits per heavy atom. The number of nitrogens with one attached hydrogen (secondary N) is 4. The van der Waals surface area contributed by atoms with Gasteiger partial charge in [-0.05, 0) is 36.7 Å². The molecule has 3 rings (SSSR count). The lowest BCUT2D eigenvalue weighted by Crippen LogP contribution is -2.49. The van der Waals surface area contributed by atoms with Crippen molar-refractivity contribution in [2.75, 3.05) is 0 Å². The number of amides is 1. The van der Waals surface area contributed by atoms with E-state index in [2.05, 4.69) is 21.2 Å². The lowest BCUT2D eigenvalue weighted by atomic mass is 10.1. The summed E-state index contributed by atoms with van der Waals surface area (Å²) in [5.74, 6) is -0.111. The van der Waals surface area contributed by atoms with Gasteiger partial charge in [0.2, 0.25) is 5.91 Å². The zero-order valence-corrected chi connectivity index (χ0v) is 13.1. The summed E-state index contributed by atoms with van der Waals surface area (Å²) in [5, 5.41) is 4.78. The molecule has 1 aromatic heterocycles. The van der Waals surface area contributed by atoms with Crippen molar-refractivity contribution < 1.29 is 4.79 Å². The third-order valence-electron chi connectivity index (χ3n) is 4.03. The molecule has 6 heteroatoms. The number of carbonyl (C=O) groups is 1. The van der Waals surface area contributed by atoms with Gasteiger partial charge in [0.1, 0.15) is 0 Å². The topological polar surface area (TPSA) is 69.0 Å². The van der Waals surface area contributed by atoms with E-state index in [1.165, 1.54) is 12.8 Å². The lowest BCUT2D eigenvalue weighted by molar-refractivity contribution is -0.121. The molecule has 0 radical (unpaired) electrons. The maximum atomic E-state index is 12.0. The van der Waals surface area contributed by atoms with Crippen LogP contribution in [0.1, 0.15) is 31.2 Å². The summed E-state index contributed by atoms with van der Waals surface area (Å²) in [5.41, 5.74) is 7.45. The van der Waals surface area contributed by atoms with Crippen LogP contribution in [0.15, 0.2) is 30.5 Å². The van der Waals surface area contributed by atoms with Crippen molar-refractivity contribution in [3.8, 4) is 0 Å². The molecule has 0 spiro atoms. The molecule has 0 saturated heterocycles. The van der Waals surface area contributed by atoms with Gasteiger partial charge in [0.05, 0.1) is 6.42 Å². The summed E-state index contributed by atoms with van der Waals surface area (Å²) < 4.78 is 0. The van der Waals surface area contributed by atoms with Gasteiger partial charge in [-0.15, -0.1) is 0 Å². The molecule has 0 aliphatic heterocycles. The molecule has 0 unspecified atom stereocenters. The number of hydrogen-bond donors (Lipinski definition) is 4. The van der Waals surface area contributed by atoms with Crippen LogP contribution in [0.2, 0.25) is 0 Å². The van der Waals surface area contributed by atoms with Crippen LogP contribution in [-0.2, 0) is 11.2 Å². The molecule has 0 atom stereocenters. The number of H-pyrrole nitrogens is 1. The van der Waals surface area contributed by atoms with E-state index < -0.39 is 0 Å².